The van der Waals surface area contributed by atoms with Crippen molar-refractivity contribution in [2.24, 2.45) is 0 Å². The van der Waals surface area contributed by atoms with Crippen molar-refractivity contribution >= 4 is 11.9 Å². The molecular formula is C61H121NO5. The summed E-state index contributed by atoms with van der Waals surface area (Å²) in [5, 5.41) is 23.2. The van der Waals surface area contributed by atoms with Crippen molar-refractivity contribution in [3.05, 3.63) is 0 Å². The van der Waals surface area contributed by atoms with E-state index in [4.69, 9.17) is 4.74 Å². The number of rotatable bonds is 58. The molecule has 0 aromatic carbocycles. The quantitative estimate of drug-likeness (QED) is 0.0417. The number of aliphatic hydroxyl groups excluding tert-OH is 2. The van der Waals surface area contributed by atoms with Gasteiger partial charge < -0.3 is 20.3 Å². The van der Waals surface area contributed by atoms with Crippen molar-refractivity contribution in [3.8, 4) is 0 Å². The maximum atomic E-state index is 12.5. The highest BCUT2D eigenvalue weighted by Gasteiger charge is 2.20. The van der Waals surface area contributed by atoms with E-state index in [9.17, 15) is 19.8 Å². The maximum Gasteiger partial charge on any atom is 0.305 e. The van der Waals surface area contributed by atoms with Crippen LogP contribution in [0.4, 0.5) is 0 Å². The summed E-state index contributed by atoms with van der Waals surface area (Å²) >= 11 is 0. The predicted molar refractivity (Wildman–Crippen MR) is 292 cm³/mol. The summed E-state index contributed by atoms with van der Waals surface area (Å²) in [5.74, 6) is -0.0235. The fourth-order valence-electron chi connectivity index (χ4n) is 9.94. The third kappa shape index (κ3) is 54.0. The molecule has 3 N–H and O–H groups in total. The van der Waals surface area contributed by atoms with Crippen LogP contribution in [0, 0.1) is 0 Å². The monoisotopic (exact) mass is 948 g/mol. The number of aliphatic hydroxyl groups is 2. The van der Waals surface area contributed by atoms with E-state index in [2.05, 4.69) is 19.2 Å². The van der Waals surface area contributed by atoms with E-state index >= 15 is 0 Å². The second-order valence-electron chi connectivity index (χ2n) is 21.4. The molecule has 0 rings (SSSR count). The maximum absolute atomic E-state index is 12.5. The summed E-state index contributed by atoms with van der Waals surface area (Å²) in [5.41, 5.74) is 0. The molecule has 0 aliphatic carbocycles. The zero-order valence-corrected chi connectivity index (χ0v) is 45.7. The minimum Gasteiger partial charge on any atom is -0.466 e. The Morgan fingerprint density at radius 1 is 0.358 bits per heavy atom. The van der Waals surface area contributed by atoms with Gasteiger partial charge in [-0.2, -0.15) is 0 Å². The molecule has 0 saturated carbocycles. The first-order valence-corrected chi connectivity index (χ1v) is 30.8. The number of nitrogens with one attached hydrogen (secondary N) is 1. The van der Waals surface area contributed by atoms with Gasteiger partial charge in [0.1, 0.15) is 0 Å². The van der Waals surface area contributed by atoms with Crippen molar-refractivity contribution in [2.75, 3.05) is 13.2 Å². The van der Waals surface area contributed by atoms with E-state index in [1.807, 2.05) is 0 Å². The molecule has 0 aromatic heterocycles. The first-order chi connectivity index (χ1) is 33.0. The van der Waals surface area contributed by atoms with Crippen LogP contribution in [0.15, 0.2) is 0 Å². The number of carbonyl (C=O) groups is 2. The molecule has 1 amide bonds. The highest BCUT2D eigenvalue weighted by Crippen LogP contribution is 2.18. The molecule has 0 spiro atoms. The van der Waals surface area contributed by atoms with Crippen molar-refractivity contribution < 1.29 is 24.5 Å². The normalized spacial score (nSPS) is 12.5. The van der Waals surface area contributed by atoms with Crippen LogP contribution in [0.1, 0.15) is 354 Å². The highest BCUT2D eigenvalue weighted by atomic mass is 16.5. The average molecular weight is 949 g/mol. The Bertz CT molecular complexity index is 959. The minimum atomic E-state index is -0.665. The molecule has 0 aliphatic rings. The van der Waals surface area contributed by atoms with E-state index in [-0.39, 0.29) is 18.5 Å². The molecule has 0 radical (unpaired) electrons. The van der Waals surface area contributed by atoms with E-state index in [0.717, 1.165) is 38.5 Å². The van der Waals surface area contributed by atoms with Gasteiger partial charge in [0.2, 0.25) is 5.91 Å². The van der Waals surface area contributed by atoms with Crippen molar-refractivity contribution in [3.63, 3.8) is 0 Å². The third-order valence-corrected chi connectivity index (χ3v) is 14.7. The van der Waals surface area contributed by atoms with E-state index in [1.165, 1.54) is 283 Å². The largest absolute Gasteiger partial charge is 0.466 e. The topological polar surface area (TPSA) is 95.9 Å². The fraction of sp³-hybridized carbons (Fsp3) is 0.967. The van der Waals surface area contributed by atoms with Gasteiger partial charge in [-0.25, -0.2) is 0 Å². The van der Waals surface area contributed by atoms with Gasteiger partial charge in [0.15, 0.2) is 0 Å². The number of unbranched alkanes of at least 4 members (excludes halogenated alkanes) is 47. The predicted octanol–water partition coefficient (Wildman–Crippen LogP) is 19.1. The molecule has 0 aliphatic heterocycles. The molecule has 6 nitrogen and oxygen atoms in total. The molecule has 67 heavy (non-hydrogen) atoms. The summed E-state index contributed by atoms with van der Waals surface area (Å²) in [6.07, 6.45) is 66.8. The molecule has 2 atom stereocenters. The van der Waals surface area contributed by atoms with Gasteiger partial charge in [0, 0.05) is 12.8 Å². The zero-order chi connectivity index (χ0) is 48.6. The standard InChI is InChI=1S/C61H121NO5/c1-3-5-7-9-11-13-15-17-18-19-20-24-27-31-35-39-43-47-51-55-61(66)67-56-52-48-44-40-36-32-28-25-22-21-23-26-30-34-38-42-46-50-54-60(65)62-58(57-63)59(64)53-49-45-41-37-33-29-16-14-12-10-8-6-4-2/h58-59,63-64H,3-57H2,1-2H3,(H,62,65). The Hall–Kier alpha value is -1.14. The molecule has 0 aromatic rings. The van der Waals surface area contributed by atoms with Crippen LogP contribution in [-0.2, 0) is 14.3 Å². The van der Waals surface area contributed by atoms with Crippen molar-refractivity contribution in [1.82, 2.24) is 5.32 Å². The first kappa shape index (κ1) is 65.9. The van der Waals surface area contributed by atoms with Gasteiger partial charge in [-0.15, -0.1) is 0 Å². The lowest BCUT2D eigenvalue weighted by Gasteiger charge is -2.22. The van der Waals surface area contributed by atoms with Crippen LogP contribution in [0.2, 0.25) is 0 Å². The van der Waals surface area contributed by atoms with Gasteiger partial charge in [-0.05, 0) is 25.7 Å². The van der Waals surface area contributed by atoms with Gasteiger partial charge in [0.05, 0.1) is 25.4 Å². The SMILES string of the molecule is CCCCCCCCCCCCCCCCCCCCCC(=O)OCCCCCCCCCCCCCCCCCCCCC(=O)NC(CO)C(O)CCCCCCCCCCCCCCC. The average Bonchev–Trinajstić information content (AvgIpc) is 3.33. The van der Waals surface area contributed by atoms with E-state index in [1.54, 1.807) is 0 Å². The molecule has 6 heteroatoms. The molecule has 0 heterocycles. The number of amides is 1. The molecule has 0 bridgehead atoms. The van der Waals surface area contributed by atoms with Gasteiger partial charge in [0.25, 0.3) is 0 Å². The number of hydrogen-bond donors (Lipinski definition) is 3. The minimum absolute atomic E-state index is 0.0131. The second-order valence-corrected chi connectivity index (χ2v) is 21.4. The molecule has 2 unspecified atom stereocenters. The van der Waals surface area contributed by atoms with Crippen LogP contribution in [0.25, 0.3) is 0 Å². The Labute approximate surface area is 419 Å². The lowest BCUT2D eigenvalue weighted by molar-refractivity contribution is -0.143. The lowest BCUT2D eigenvalue weighted by atomic mass is 10.0. The molecule has 0 saturated heterocycles. The van der Waals surface area contributed by atoms with Gasteiger partial charge in [-0.1, -0.05) is 316 Å². The number of ether oxygens (including phenoxy) is 1. The Morgan fingerprint density at radius 3 is 0.910 bits per heavy atom. The van der Waals surface area contributed by atoms with Crippen LogP contribution in [0.5, 0.6) is 0 Å². The number of carbonyl (C=O) groups excluding carboxylic acids is 2. The fourth-order valence-corrected chi connectivity index (χ4v) is 9.94. The Kier molecular flexibility index (Phi) is 56.5. The molecule has 0 fully saturated rings. The summed E-state index contributed by atoms with van der Waals surface area (Å²) < 4.78 is 5.50. The second kappa shape index (κ2) is 57.4. The summed E-state index contributed by atoms with van der Waals surface area (Å²) in [7, 11) is 0. The van der Waals surface area contributed by atoms with Crippen LogP contribution >= 0.6 is 0 Å². The Balaban J connectivity index is 3.35. The van der Waals surface area contributed by atoms with Crippen LogP contribution in [0.3, 0.4) is 0 Å². The van der Waals surface area contributed by atoms with Crippen molar-refractivity contribution in [2.45, 2.75) is 366 Å². The summed E-state index contributed by atoms with van der Waals surface area (Å²) in [6, 6.07) is -0.542. The lowest BCUT2D eigenvalue weighted by Crippen LogP contribution is -2.45. The number of esters is 1. The summed E-state index contributed by atoms with van der Waals surface area (Å²) in [6.45, 7) is 4.98. The Morgan fingerprint density at radius 2 is 0.612 bits per heavy atom. The van der Waals surface area contributed by atoms with E-state index in [0.29, 0.717) is 25.9 Å². The zero-order valence-electron chi connectivity index (χ0n) is 45.7. The van der Waals surface area contributed by atoms with Gasteiger partial charge >= 0.3 is 5.97 Å². The molecular weight excluding hydrogens is 827 g/mol. The van der Waals surface area contributed by atoms with Crippen LogP contribution < -0.4 is 5.32 Å². The van der Waals surface area contributed by atoms with Gasteiger partial charge in [-0.3, -0.25) is 9.59 Å². The smallest absolute Gasteiger partial charge is 0.305 e. The first-order valence-electron chi connectivity index (χ1n) is 30.8. The summed E-state index contributed by atoms with van der Waals surface area (Å²) in [4.78, 5) is 24.6. The van der Waals surface area contributed by atoms with E-state index < -0.39 is 12.1 Å². The third-order valence-electron chi connectivity index (χ3n) is 14.7. The highest BCUT2D eigenvalue weighted by molar-refractivity contribution is 5.76. The van der Waals surface area contributed by atoms with Crippen molar-refractivity contribution in [1.29, 1.82) is 0 Å². The molecule has 400 valence electrons. The van der Waals surface area contributed by atoms with Crippen LogP contribution in [-0.4, -0.2) is 47.4 Å². The number of hydrogen-bond acceptors (Lipinski definition) is 5.